The molecule has 2 rings (SSSR count). The predicted octanol–water partition coefficient (Wildman–Crippen LogP) is 4.30. The highest BCUT2D eigenvalue weighted by Gasteiger charge is 2.32. The summed E-state index contributed by atoms with van der Waals surface area (Å²) in [6.07, 6.45) is 0.349. The van der Waals surface area contributed by atoms with Crippen molar-refractivity contribution in [2.24, 2.45) is 0 Å². The molecule has 1 aliphatic rings. The Labute approximate surface area is 124 Å². The maximum atomic E-state index is 12.9. The molecule has 0 spiro atoms. The van der Waals surface area contributed by atoms with Crippen molar-refractivity contribution < 1.29 is 13.2 Å². The monoisotopic (exact) mass is 300 g/mol. The van der Waals surface area contributed by atoms with Crippen molar-refractivity contribution in [2.75, 3.05) is 25.5 Å². The van der Waals surface area contributed by atoms with Gasteiger partial charge in [-0.1, -0.05) is 12.5 Å². The molecule has 1 N–H and O–H groups in total. The molecule has 21 heavy (non-hydrogen) atoms. The largest absolute Gasteiger partial charge is 0.416 e. The van der Waals surface area contributed by atoms with Crippen molar-refractivity contribution in [3.05, 3.63) is 29.3 Å². The summed E-state index contributed by atoms with van der Waals surface area (Å²) in [6, 6.07) is 4.99. The SMILES string of the molecule is Cc1ccc(NCCC2CCCCN2C)cc1C(F)(F)F. The van der Waals surface area contributed by atoms with Crippen LogP contribution in [0.25, 0.3) is 0 Å². The summed E-state index contributed by atoms with van der Waals surface area (Å²) in [4.78, 5) is 2.35. The van der Waals surface area contributed by atoms with E-state index in [4.69, 9.17) is 0 Å². The highest BCUT2D eigenvalue weighted by atomic mass is 19.4. The van der Waals surface area contributed by atoms with Crippen molar-refractivity contribution in [1.29, 1.82) is 0 Å². The summed E-state index contributed by atoms with van der Waals surface area (Å²) < 4.78 is 38.6. The van der Waals surface area contributed by atoms with E-state index in [9.17, 15) is 13.2 Å². The van der Waals surface area contributed by atoms with Gasteiger partial charge in [-0.2, -0.15) is 13.2 Å². The standard InChI is InChI=1S/C16H23F3N2/c1-12-6-7-13(11-15(12)16(17,18)19)20-9-8-14-5-3-4-10-21(14)2/h6-7,11,14,20H,3-5,8-10H2,1-2H3. The number of likely N-dealkylation sites (tertiary alicyclic amines) is 1. The lowest BCUT2D eigenvalue weighted by Gasteiger charge is -2.32. The minimum Gasteiger partial charge on any atom is -0.385 e. The molecule has 2 nitrogen and oxygen atoms in total. The van der Waals surface area contributed by atoms with Crippen molar-refractivity contribution >= 4 is 5.69 Å². The first-order chi connectivity index (χ1) is 9.88. The number of piperidine rings is 1. The summed E-state index contributed by atoms with van der Waals surface area (Å²) in [5.41, 5.74) is 0.258. The molecule has 1 fully saturated rings. The molecule has 0 amide bonds. The third-order valence-electron chi connectivity index (χ3n) is 4.27. The fourth-order valence-electron chi connectivity index (χ4n) is 2.93. The summed E-state index contributed by atoms with van der Waals surface area (Å²) in [5, 5.41) is 3.13. The van der Waals surface area contributed by atoms with Gasteiger partial charge in [0.25, 0.3) is 0 Å². The van der Waals surface area contributed by atoms with Crippen LogP contribution in [-0.4, -0.2) is 31.1 Å². The number of hydrogen-bond donors (Lipinski definition) is 1. The van der Waals surface area contributed by atoms with Crippen molar-refractivity contribution in [3.63, 3.8) is 0 Å². The van der Waals surface area contributed by atoms with Crippen LogP contribution >= 0.6 is 0 Å². The van der Waals surface area contributed by atoms with E-state index in [1.54, 1.807) is 6.07 Å². The van der Waals surface area contributed by atoms with Crippen molar-refractivity contribution in [2.45, 2.75) is 44.8 Å². The number of rotatable bonds is 4. The van der Waals surface area contributed by atoms with Crippen LogP contribution in [0.4, 0.5) is 18.9 Å². The molecule has 1 aromatic rings. The molecule has 0 aliphatic carbocycles. The van der Waals surface area contributed by atoms with E-state index in [0.717, 1.165) is 13.0 Å². The summed E-state index contributed by atoms with van der Waals surface area (Å²) in [7, 11) is 2.12. The molecule has 5 heteroatoms. The van der Waals surface area contributed by atoms with E-state index in [1.165, 1.54) is 38.3 Å². The minimum absolute atomic E-state index is 0.264. The first-order valence-electron chi connectivity index (χ1n) is 7.50. The van der Waals surface area contributed by atoms with Gasteiger partial charge in [0.15, 0.2) is 0 Å². The first kappa shape index (κ1) is 16.1. The second kappa shape index (κ2) is 6.69. The molecule has 1 unspecified atom stereocenters. The van der Waals surface area contributed by atoms with Crippen LogP contribution in [0.15, 0.2) is 18.2 Å². The van der Waals surface area contributed by atoms with E-state index in [-0.39, 0.29) is 5.56 Å². The highest BCUT2D eigenvalue weighted by Crippen LogP contribution is 2.33. The van der Waals surface area contributed by atoms with Gasteiger partial charge < -0.3 is 10.2 Å². The van der Waals surface area contributed by atoms with Gasteiger partial charge in [-0.15, -0.1) is 0 Å². The molecular formula is C16H23F3N2. The zero-order valence-corrected chi connectivity index (χ0v) is 12.6. The van der Waals surface area contributed by atoms with Crippen LogP contribution in [0, 0.1) is 6.92 Å². The van der Waals surface area contributed by atoms with Gasteiger partial charge in [0.1, 0.15) is 0 Å². The summed E-state index contributed by atoms with van der Waals surface area (Å²) in [5.74, 6) is 0. The molecule has 1 heterocycles. The molecule has 118 valence electrons. The average Bonchev–Trinajstić information content (AvgIpc) is 2.41. The van der Waals surface area contributed by atoms with Crippen LogP contribution < -0.4 is 5.32 Å². The molecule has 1 aromatic carbocycles. The summed E-state index contributed by atoms with van der Waals surface area (Å²) in [6.45, 7) is 3.31. The van der Waals surface area contributed by atoms with Crippen LogP contribution in [0.3, 0.4) is 0 Å². The van der Waals surface area contributed by atoms with Crippen LogP contribution in [0.5, 0.6) is 0 Å². The Morgan fingerprint density at radius 2 is 2.05 bits per heavy atom. The van der Waals surface area contributed by atoms with E-state index in [2.05, 4.69) is 17.3 Å². The highest BCUT2D eigenvalue weighted by molar-refractivity contribution is 5.49. The Balaban J connectivity index is 1.91. The molecule has 0 saturated carbocycles. The lowest BCUT2D eigenvalue weighted by atomic mass is 10.00. The second-order valence-corrected chi connectivity index (χ2v) is 5.87. The average molecular weight is 300 g/mol. The Morgan fingerprint density at radius 1 is 1.29 bits per heavy atom. The van der Waals surface area contributed by atoms with Gasteiger partial charge in [-0.3, -0.25) is 0 Å². The van der Waals surface area contributed by atoms with E-state index in [0.29, 0.717) is 18.3 Å². The molecular weight excluding hydrogens is 277 g/mol. The number of nitrogens with zero attached hydrogens (tertiary/aromatic N) is 1. The fourth-order valence-corrected chi connectivity index (χ4v) is 2.93. The van der Waals surface area contributed by atoms with Gasteiger partial charge in [0, 0.05) is 18.3 Å². The third-order valence-corrected chi connectivity index (χ3v) is 4.27. The van der Waals surface area contributed by atoms with Gasteiger partial charge in [0.2, 0.25) is 0 Å². The van der Waals surface area contributed by atoms with Crippen LogP contribution in [0.1, 0.15) is 36.8 Å². The quantitative estimate of drug-likeness (QED) is 0.892. The van der Waals surface area contributed by atoms with Crippen LogP contribution in [0.2, 0.25) is 0 Å². The number of benzene rings is 1. The maximum absolute atomic E-state index is 12.9. The lowest BCUT2D eigenvalue weighted by Crippen LogP contribution is -2.37. The number of aryl methyl sites for hydroxylation is 1. The lowest BCUT2D eigenvalue weighted by molar-refractivity contribution is -0.138. The number of halogens is 3. The number of anilines is 1. The molecule has 0 radical (unpaired) electrons. The molecule has 1 saturated heterocycles. The summed E-state index contributed by atoms with van der Waals surface area (Å²) >= 11 is 0. The van der Waals surface area contributed by atoms with Gasteiger partial charge in [0.05, 0.1) is 5.56 Å². The number of nitrogens with one attached hydrogen (secondary N) is 1. The van der Waals surface area contributed by atoms with E-state index < -0.39 is 11.7 Å². The maximum Gasteiger partial charge on any atom is 0.416 e. The molecule has 0 aromatic heterocycles. The van der Waals surface area contributed by atoms with Gasteiger partial charge >= 0.3 is 6.18 Å². The number of hydrogen-bond acceptors (Lipinski definition) is 2. The topological polar surface area (TPSA) is 15.3 Å². The normalized spacial score (nSPS) is 20.5. The van der Waals surface area contributed by atoms with E-state index in [1.807, 2.05) is 0 Å². The molecule has 1 aliphatic heterocycles. The van der Waals surface area contributed by atoms with E-state index >= 15 is 0 Å². The van der Waals surface area contributed by atoms with Crippen molar-refractivity contribution in [3.8, 4) is 0 Å². The van der Waals surface area contributed by atoms with Crippen LogP contribution in [-0.2, 0) is 6.18 Å². The predicted molar refractivity (Wildman–Crippen MR) is 79.6 cm³/mol. The Kier molecular flexibility index (Phi) is 5.14. The first-order valence-corrected chi connectivity index (χ1v) is 7.50. The smallest absolute Gasteiger partial charge is 0.385 e. The van der Waals surface area contributed by atoms with Gasteiger partial charge in [-0.05, 0) is 57.5 Å². The Bertz CT molecular complexity index is 471. The molecule has 1 atom stereocenters. The third kappa shape index (κ3) is 4.37. The fraction of sp³-hybridized carbons (Fsp3) is 0.625. The molecule has 0 bridgehead atoms. The second-order valence-electron chi connectivity index (χ2n) is 5.87. The van der Waals surface area contributed by atoms with Gasteiger partial charge in [-0.25, -0.2) is 0 Å². The van der Waals surface area contributed by atoms with Crippen molar-refractivity contribution in [1.82, 2.24) is 4.90 Å². The number of alkyl halides is 3. The zero-order chi connectivity index (χ0) is 15.5. The Hall–Kier alpha value is -1.23. The Morgan fingerprint density at radius 3 is 2.71 bits per heavy atom. The zero-order valence-electron chi connectivity index (χ0n) is 12.6. The minimum atomic E-state index is -4.29.